The van der Waals surface area contributed by atoms with Crippen LogP contribution >= 0.6 is 11.3 Å². The molecule has 1 N–H and O–H groups in total. The van der Waals surface area contributed by atoms with Crippen molar-refractivity contribution < 1.29 is 0 Å². The minimum absolute atomic E-state index is 0.746. The Morgan fingerprint density at radius 2 is 2.25 bits per heavy atom. The minimum Gasteiger partial charge on any atom is -0.309 e. The lowest BCUT2D eigenvalue weighted by atomic mass is 10.2. The molecule has 3 rings (SSSR count). The summed E-state index contributed by atoms with van der Waals surface area (Å²) in [6.45, 7) is 5.31. The molecule has 0 atom stereocenters. The van der Waals surface area contributed by atoms with Gasteiger partial charge in [0.25, 0.3) is 0 Å². The van der Waals surface area contributed by atoms with Gasteiger partial charge in [0, 0.05) is 35.4 Å². The quantitative estimate of drug-likeness (QED) is 0.880. The Morgan fingerprint density at radius 3 is 2.95 bits per heavy atom. The molecule has 0 aromatic carbocycles. The average Bonchev–Trinajstić information content (AvgIpc) is 3.19. The van der Waals surface area contributed by atoms with Gasteiger partial charge >= 0.3 is 0 Å². The van der Waals surface area contributed by atoms with Crippen LogP contribution in [-0.2, 0) is 13.0 Å². The van der Waals surface area contributed by atoms with Crippen molar-refractivity contribution >= 4 is 11.3 Å². The molecule has 20 heavy (non-hydrogen) atoms. The second kappa shape index (κ2) is 6.02. The molecule has 1 aliphatic rings. The standard InChI is InChI=1S/C16H21N3S/c1-3-4-14-15(10-18-12-5-6-12)20-16(19-14)13-9-17-8-7-11(13)2/h7-9,12,18H,3-6,10H2,1-2H3. The molecule has 3 nitrogen and oxygen atoms in total. The van der Waals surface area contributed by atoms with E-state index in [1.807, 2.05) is 23.7 Å². The Hall–Kier alpha value is -1.26. The number of thiazole rings is 1. The van der Waals surface area contributed by atoms with Gasteiger partial charge in [0.05, 0.1) is 5.69 Å². The SMILES string of the molecule is CCCc1nc(-c2cnccc2C)sc1CNC1CC1. The van der Waals surface area contributed by atoms with Gasteiger partial charge in [-0.05, 0) is 37.8 Å². The monoisotopic (exact) mass is 287 g/mol. The first-order chi connectivity index (χ1) is 9.78. The van der Waals surface area contributed by atoms with Crippen molar-refractivity contribution in [1.29, 1.82) is 0 Å². The highest BCUT2D eigenvalue weighted by atomic mass is 32.1. The number of rotatable bonds is 6. The highest BCUT2D eigenvalue weighted by Gasteiger charge is 2.21. The molecular formula is C16H21N3S. The molecule has 0 amide bonds. The Labute approximate surface area is 124 Å². The third-order valence-electron chi connectivity index (χ3n) is 3.66. The highest BCUT2D eigenvalue weighted by Crippen LogP contribution is 2.31. The summed E-state index contributed by atoms with van der Waals surface area (Å²) in [5.74, 6) is 0. The first-order valence-electron chi connectivity index (χ1n) is 7.41. The van der Waals surface area contributed by atoms with Crippen LogP contribution in [0.5, 0.6) is 0 Å². The van der Waals surface area contributed by atoms with Crippen LogP contribution < -0.4 is 5.32 Å². The van der Waals surface area contributed by atoms with E-state index < -0.39 is 0 Å². The molecule has 2 heterocycles. The summed E-state index contributed by atoms with van der Waals surface area (Å²) in [5, 5.41) is 4.72. The number of pyridine rings is 1. The zero-order valence-electron chi connectivity index (χ0n) is 12.1. The van der Waals surface area contributed by atoms with Crippen LogP contribution in [0.3, 0.4) is 0 Å². The van der Waals surface area contributed by atoms with Crippen LogP contribution in [0.1, 0.15) is 42.3 Å². The third-order valence-corrected chi connectivity index (χ3v) is 4.79. The number of hydrogen-bond acceptors (Lipinski definition) is 4. The second-order valence-corrected chi connectivity index (χ2v) is 6.57. The van der Waals surface area contributed by atoms with E-state index >= 15 is 0 Å². The summed E-state index contributed by atoms with van der Waals surface area (Å²) in [6.07, 6.45) is 8.65. The maximum absolute atomic E-state index is 4.87. The lowest BCUT2D eigenvalue weighted by Crippen LogP contribution is -2.15. The van der Waals surface area contributed by atoms with E-state index in [1.165, 1.54) is 34.5 Å². The summed E-state index contributed by atoms with van der Waals surface area (Å²) in [4.78, 5) is 10.5. The first-order valence-corrected chi connectivity index (χ1v) is 8.22. The maximum Gasteiger partial charge on any atom is 0.125 e. The zero-order chi connectivity index (χ0) is 13.9. The Balaban J connectivity index is 1.87. The van der Waals surface area contributed by atoms with E-state index in [0.29, 0.717) is 0 Å². The molecule has 1 fully saturated rings. The molecule has 0 aliphatic heterocycles. The molecule has 0 spiro atoms. The van der Waals surface area contributed by atoms with Crippen molar-refractivity contribution in [2.24, 2.45) is 0 Å². The minimum atomic E-state index is 0.746. The number of nitrogens with one attached hydrogen (secondary N) is 1. The van der Waals surface area contributed by atoms with Crippen molar-refractivity contribution in [3.05, 3.63) is 34.6 Å². The summed E-state index contributed by atoms with van der Waals surface area (Å²) in [7, 11) is 0. The number of hydrogen-bond donors (Lipinski definition) is 1. The Morgan fingerprint density at radius 1 is 1.40 bits per heavy atom. The predicted octanol–water partition coefficient (Wildman–Crippen LogP) is 3.72. The van der Waals surface area contributed by atoms with Gasteiger partial charge in [0.2, 0.25) is 0 Å². The predicted molar refractivity (Wildman–Crippen MR) is 83.9 cm³/mol. The van der Waals surface area contributed by atoms with Crippen molar-refractivity contribution in [2.75, 3.05) is 0 Å². The fraction of sp³-hybridized carbons (Fsp3) is 0.500. The lowest BCUT2D eigenvalue weighted by Gasteiger charge is -2.01. The van der Waals surface area contributed by atoms with Crippen molar-refractivity contribution in [3.63, 3.8) is 0 Å². The average molecular weight is 287 g/mol. The molecule has 0 radical (unpaired) electrons. The van der Waals surface area contributed by atoms with Gasteiger partial charge < -0.3 is 5.32 Å². The van der Waals surface area contributed by atoms with E-state index in [0.717, 1.165) is 30.4 Å². The van der Waals surface area contributed by atoms with Crippen LogP contribution in [0, 0.1) is 6.92 Å². The van der Waals surface area contributed by atoms with Crippen LogP contribution in [-0.4, -0.2) is 16.0 Å². The molecule has 4 heteroatoms. The van der Waals surface area contributed by atoms with E-state index in [4.69, 9.17) is 4.98 Å². The van der Waals surface area contributed by atoms with E-state index in [-0.39, 0.29) is 0 Å². The molecule has 2 aromatic heterocycles. The maximum atomic E-state index is 4.87. The summed E-state index contributed by atoms with van der Waals surface area (Å²) in [6, 6.07) is 2.80. The number of aryl methyl sites for hydroxylation is 2. The van der Waals surface area contributed by atoms with Crippen LogP contribution in [0.2, 0.25) is 0 Å². The lowest BCUT2D eigenvalue weighted by molar-refractivity contribution is 0.686. The zero-order valence-corrected chi connectivity index (χ0v) is 13.0. The Kier molecular flexibility index (Phi) is 4.13. The number of aromatic nitrogens is 2. The summed E-state index contributed by atoms with van der Waals surface area (Å²) in [5.41, 5.74) is 3.69. The molecule has 0 bridgehead atoms. The van der Waals surface area contributed by atoms with Crippen molar-refractivity contribution in [1.82, 2.24) is 15.3 Å². The van der Waals surface area contributed by atoms with Gasteiger partial charge in [-0.25, -0.2) is 4.98 Å². The molecule has 106 valence electrons. The van der Waals surface area contributed by atoms with Gasteiger partial charge in [-0.15, -0.1) is 11.3 Å². The smallest absolute Gasteiger partial charge is 0.125 e. The highest BCUT2D eigenvalue weighted by molar-refractivity contribution is 7.15. The normalized spacial score (nSPS) is 14.7. The molecule has 2 aromatic rings. The van der Waals surface area contributed by atoms with Gasteiger partial charge in [0.1, 0.15) is 5.01 Å². The van der Waals surface area contributed by atoms with Crippen LogP contribution in [0.4, 0.5) is 0 Å². The summed E-state index contributed by atoms with van der Waals surface area (Å²) >= 11 is 1.82. The van der Waals surface area contributed by atoms with E-state index in [1.54, 1.807) is 0 Å². The first kappa shape index (κ1) is 13.7. The topological polar surface area (TPSA) is 37.8 Å². The molecule has 0 saturated heterocycles. The fourth-order valence-corrected chi connectivity index (χ4v) is 3.42. The van der Waals surface area contributed by atoms with Crippen molar-refractivity contribution in [2.45, 2.75) is 52.1 Å². The largest absolute Gasteiger partial charge is 0.309 e. The molecular weight excluding hydrogens is 266 g/mol. The van der Waals surface area contributed by atoms with E-state index in [9.17, 15) is 0 Å². The van der Waals surface area contributed by atoms with Crippen molar-refractivity contribution in [3.8, 4) is 10.6 Å². The third kappa shape index (κ3) is 3.07. The van der Waals surface area contributed by atoms with Gasteiger partial charge in [-0.2, -0.15) is 0 Å². The number of nitrogens with zero attached hydrogens (tertiary/aromatic N) is 2. The summed E-state index contributed by atoms with van der Waals surface area (Å²) < 4.78 is 0. The molecule has 1 saturated carbocycles. The van der Waals surface area contributed by atoms with Gasteiger partial charge in [-0.1, -0.05) is 13.3 Å². The molecule has 0 unspecified atom stereocenters. The fourth-order valence-electron chi connectivity index (χ4n) is 2.28. The van der Waals surface area contributed by atoms with Crippen LogP contribution in [0.25, 0.3) is 10.6 Å². The van der Waals surface area contributed by atoms with E-state index in [2.05, 4.69) is 30.2 Å². The van der Waals surface area contributed by atoms with Gasteiger partial charge in [-0.3, -0.25) is 4.98 Å². The Bertz CT molecular complexity index is 587. The molecule has 1 aliphatic carbocycles. The second-order valence-electron chi connectivity index (χ2n) is 5.48. The van der Waals surface area contributed by atoms with Crippen LogP contribution in [0.15, 0.2) is 18.5 Å². The van der Waals surface area contributed by atoms with Gasteiger partial charge in [0.15, 0.2) is 0 Å².